The van der Waals surface area contributed by atoms with Gasteiger partial charge in [-0.3, -0.25) is 4.79 Å². The molecule has 0 aromatic rings. The molecule has 0 aliphatic heterocycles. The van der Waals surface area contributed by atoms with Crippen LogP contribution in [-0.4, -0.2) is 43.0 Å². The Balaban J connectivity index is 3.58. The molecule has 1 amide bonds. The Morgan fingerprint density at radius 2 is 1.60 bits per heavy atom. The van der Waals surface area contributed by atoms with Crippen molar-refractivity contribution in [2.24, 2.45) is 0 Å². The van der Waals surface area contributed by atoms with Crippen LogP contribution in [-0.2, 0) is 19.0 Å². The maximum atomic E-state index is 11.4. The Hall–Kier alpha value is -1.30. The minimum Gasteiger partial charge on any atom is -0.434 e. The lowest BCUT2D eigenvalue weighted by molar-refractivity contribution is -0.130. The van der Waals surface area contributed by atoms with Crippen LogP contribution >= 0.6 is 0 Å². The Morgan fingerprint density at radius 3 is 2.10 bits per heavy atom. The van der Waals surface area contributed by atoms with Crippen LogP contribution in [0.1, 0.15) is 48.0 Å². The molecule has 0 aliphatic rings. The summed E-state index contributed by atoms with van der Waals surface area (Å²) in [6.07, 6.45) is -0.166. The van der Waals surface area contributed by atoms with Gasteiger partial charge < -0.3 is 19.5 Å². The summed E-state index contributed by atoms with van der Waals surface area (Å²) < 4.78 is 15.2. The molecule has 0 aliphatic carbocycles. The average molecular weight is 289 g/mol. The molecule has 0 radical (unpaired) electrons. The first-order valence-electron chi connectivity index (χ1n) is 6.76. The molecule has 0 rings (SSSR count). The van der Waals surface area contributed by atoms with E-state index in [1.165, 1.54) is 0 Å². The molecule has 118 valence electrons. The van der Waals surface area contributed by atoms with Crippen molar-refractivity contribution in [3.8, 4) is 0 Å². The van der Waals surface area contributed by atoms with Gasteiger partial charge in [-0.05, 0) is 48.0 Å². The Kier molecular flexibility index (Phi) is 7.57. The largest absolute Gasteiger partial charge is 0.508 e. The summed E-state index contributed by atoms with van der Waals surface area (Å²) in [5.41, 5.74) is -0.896. The van der Waals surface area contributed by atoms with Crippen molar-refractivity contribution in [1.82, 2.24) is 5.32 Å². The lowest BCUT2D eigenvalue weighted by Crippen LogP contribution is -2.33. The first-order valence-corrected chi connectivity index (χ1v) is 6.76. The fourth-order valence-corrected chi connectivity index (χ4v) is 1.07. The molecule has 0 saturated carbocycles. The van der Waals surface area contributed by atoms with Crippen molar-refractivity contribution in [2.45, 2.75) is 59.2 Å². The number of hydrogen-bond donors (Lipinski definition) is 1. The van der Waals surface area contributed by atoms with Gasteiger partial charge in [0.15, 0.2) is 0 Å². The zero-order chi connectivity index (χ0) is 15.8. The standard InChI is InChI=1S/C14H27NO5/c1-13(2,3)19-10-11(16)15-8-7-9-18-12(17)20-14(4,5)6/h7-10H2,1-6H3,(H,15,16). The maximum absolute atomic E-state index is 11.4. The van der Waals surface area contributed by atoms with Crippen LogP contribution in [0.15, 0.2) is 0 Å². The molecule has 0 spiro atoms. The van der Waals surface area contributed by atoms with E-state index in [-0.39, 0.29) is 24.7 Å². The zero-order valence-corrected chi connectivity index (χ0v) is 13.4. The highest BCUT2D eigenvalue weighted by Gasteiger charge is 2.17. The van der Waals surface area contributed by atoms with Crippen molar-refractivity contribution in [3.63, 3.8) is 0 Å². The summed E-state index contributed by atoms with van der Waals surface area (Å²) in [6, 6.07) is 0. The molecular formula is C14H27NO5. The molecule has 6 heteroatoms. The van der Waals surface area contributed by atoms with Crippen molar-refractivity contribution in [1.29, 1.82) is 0 Å². The van der Waals surface area contributed by atoms with Crippen LogP contribution in [0.25, 0.3) is 0 Å². The van der Waals surface area contributed by atoms with Gasteiger partial charge in [0.2, 0.25) is 5.91 Å². The van der Waals surface area contributed by atoms with Gasteiger partial charge in [0.05, 0.1) is 12.2 Å². The Bertz CT molecular complexity index is 315. The summed E-state index contributed by atoms with van der Waals surface area (Å²) in [5, 5.41) is 2.68. The fourth-order valence-electron chi connectivity index (χ4n) is 1.07. The van der Waals surface area contributed by atoms with E-state index in [2.05, 4.69) is 5.32 Å². The van der Waals surface area contributed by atoms with E-state index in [1.807, 2.05) is 20.8 Å². The monoisotopic (exact) mass is 289 g/mol. The van der Waals surface area contributed by atoms with E-state index in [4.69, 9.17) is 14.2 Å². The number of ether oxygens (including phenoxy) is 3. The van der Waals surface area contributed by atoms with Gasteiger partial charge >= 0.3 is 6.16 Å². The van der Waals surface area contributed by atoms with Crippen LogP contribution in [0.4, 0.5) is 4.79 Å². The average Bonchev–Trinajstić information content (AvgIpc) is 2.22. The molecule has 6 nitrogen and oxygen atoms in total. The normalized spacial score (nSPS) is 11.9. The summed E-state index contributed by atoms with van der Waals surface area (Å²) in [6.45, 7) is 11.6. The van der Waals surface area contributed by atoms with Crippen LogP contribution in [0.3, 0.4) is 0 Å². The molecule has 0 fully saturated rings. The zero-order valence-electron chi connectivity index (χ0n) is 13.4. The molecule has 0 heterocycles. The minimum atomic E-state index is -0.695. The number of carbonyl (C=O) groups is 2. The number of carbonyl (C=O) groups excluding carboxylic acids is 2. The highest BCUT2D eigenvalue weighted by atomic mass is 16.7. The number of hydrogen-bond acceptors (Lipinski definition) is 5. The second-order valence-electron chi connectivity index (χ2n) is 6.42. The van der Waals surface area contributed by atoms with Crippen molar-refractivity contribution < 1.29 is 23.8 Å². The van der Waals surface area contributed by atoms with Crippen LogP contribution in [0.5, 0.6) is 0 Å². The third kappa shape index (κ3) is 13.1. The Morgan fingerprint density at radius 1 is 1.00 bits per heavy atom. The molecule has 20 heavy (non-hydrogen) atoms. The van der Waals surface area contributed by atoms with Crippen LogP contribution < -0.4 is 5.32 Å². The van der Waals surface area contributed by atoms with Gasteiger partial charge in [-0.1, -0.05) is 0 Å². The van der Waals surface area contributed by atoms with Gasteiger partial charge in [0.25, 0.3) is 0 Å². The van der Waals surface area contributed by atoms with Crippen LogP contribution in [0.2, 0.25) is 0 Å². The number of rotatable bonds is 6. The Labute approximate surface area is 121 Å². The van der Waals surface area contributed by atoms with Gasteiger partial charge in [0.1, 0.15) is 12.2 Å². The molecule has 0 aromatic heterocycles. The predicted octanol–water partition coefficient (Wildman–Crippen LogP) is 2.26. The molecule has 1 N–H and O–H groups in total. The second-order valence-corrected chi connectivity index (χ2v) is 6.42. The van der Waals surface area contributed by atoms with Crippen molar-refractivity contribution in [2.75, 3.05) is 19.8 Å². The smallest absolute Gasteiger partial charge is 0.434 e. The van der Waals surface area contributed by atoms with E-state index in [9.17, 15) is 9.59 Å². The first kappa shape index (κ1) is 18.7. The second kappa shape index (κ2) is 8.09. The summed E-state index contributed by atoms with van der Waals surface area (Å²) in [5.74, 6) is -0.183. The third-order valence-corrected chi connectivity index (χ3v) is 1.89. The highest BCUT2D eigenvalue weighted by Crippen LogP contribution is 2.08. The molecule has 0 atom stereocenters. The van der Waals surface area contributed by atoms with Gasteiger partial charge in [-0.15, -0.1) is 0 Å². The minimum absolute atomic E-state index is 0.0242. The fraction of sp³-hybridized carbons (Fsp3) is 0.857. The molecule has 0 saturated heterocycles. The summed E-state index contributed by atoms with van der Waals surface area (Å²) >= 11 is 0. The number of amides is 1. The predicted molar refractivity (Wildman–Crippen MR) is 75.5 cm³/mol. The summed E-state index contributed by atoms with van der Waals surface area (Å²) in [7, 11) is 0. The maximum Gasteiger partial charge on any atom is 0.508 e. The SMILES string of the molecule is CC(C)(C)OCC(=O)NCCCOC(=O)OC(C)(C)C. The van der Waals surface area contributed by atoms with Crippen LogP contribution in [0, 0.1) is 0 Å². The van der Waals surface area contributed by atoms with E-state index in [0.29, 0.717) is 13.0 Å². The topological polar surface area (TPSA) is 73.9 Å². The van der Waals surface area contributed by atoms with E-state index in [1.54, 1.807) is 20.8 Å². The number of nitrogens with one attached hydrogen (secondary N) is 1. The molecule has 0 unspecified atom stereocenters. The molecule has 0 bridgehead atoms. The van der Waals surface area contributed by atoms with Crippen molar-refractivity contribution in [3.05, 3.63) is 0 Å². The molecular weight excluding hydrogens is 262 g/mol. The summed E-state index contributed by atoms with van der Waals surface area (Å²) in [4.78, 5) is 22.6. The van der Waals surface area contributed by atoms with Gasteiger partial charge in [-0.25, -0.2) is 4.79 Å². The first-order chi connectivity index (χ1) is 8.99. The molecule has 0 aromatic carbocycles. The quantitative estimate of drug-likeness (QED) is 0.599. The highest BCUT2D eigenvalue weighted by molar-refractivity contribution is 5.77. The van der Waals surface area contributed by atoms with E-state index < -0.39 is 11.8 Å². The lowest BCUT2D eigenvalue weighted by atomic mass is 10.2. The third-order valence-electron chi connectivity index (χ3n) is 1.89. The van der Waals surface area contributed by atoms with E-state index in [0.717, 1.165) is 0 Å². The lowest BCUT2D eigenvalue weighted by Gasteiger charge is -2.19. The van der Waals surface area contributed by atoms with Gasteiger partial charge in [-0.2, -0.15) is 0 Å². The van der Waals surface area contributed by atoms with E-state index >= 15 is 0 Å². The van der Waals surface area contributed by atoms with Crippen molar-refractivity contribution >= 4 is 12.1 Å². The van der Waals surface area contributed by atoms with Gasteiger partial charge in [0, 0.05) is 6.54 Å².